The van der Waals surface area contributed by atoms with Crippen LogP contribution in [0.4, 0.5) is 0 Å². The lowest BCUT2D eigenvalue weighted by molar-refractivity contribution is -0.192. The highest BCUT2D eigenvalue weighted by molar-refractivity contribution is 6.33. The van der Waals surface area contributed by atoms with Gasteiger partial charge in [-0.2, -0.15) is 0 Å². The summed E-state index contributed by atoms with van der Waals surface area (Å²) in [6, 6.07) is 9.66. The number of aromatic hydroxyl groups is 1. The molecule has 0 aromatic heterocycles. The molecule has 0 radical (unpaired) electrons. The normalized spacial score (nSPS) is 32.5. The third-order valence-electron chi connectivity index (χ3n) is 8.31. The summed E-state index contributed by atoms with van der Waals surface area (Å²) in [6.45, 7) is 0. The molecule has 2 aromatic carbocycles. The molecule has 0 spiro atoms. The number of nitrogens with two attached hydrogens (primary N) is 1. The van der Waals surface area contributed by atoms with Gasteiger partial charge in [-0.05, 0) is 49.0 Å². The summed E-state index contributed by atoms with van der Waals surface area (Å²) in [7, 11) is 4.38. The maximum absolute atomic E-state index is 14.1. The van der Waals surface area contributed by atoms with Gasteiger partial charge in [0, 0.05) is 5.92 Å². The molecule has 5 rings (SSSR count). The highest BCUT2D eigenvalue weighted by Gasteiger charge is 2.72. The number of methoxy groups -OCH3 is 1. The predicted octanol–water partition coefficient (Wildman–Crippen LogP) is -0.155. The smallest absolute Gasteiger partial charge is 0.235 e. The summed E-state index contributed by atoms with van der Waals surface area (Å²) in [4.78, 5) is 68.2. The second-order valence-corrected chi connectivity index (χ2v) is 10.6. The average molecular weight is 549 g/mol. The number of benzene rings is 2. The Kier molecular flexibility index (Phi) is 6.48. The number of aliphatic hydroxyl groups is 2. The molecular formula is C29H28N2O9. The first-order chi connectivity index (χ1) is 18.9. The van der Waals surface area contributed by atoms with Gasteiger partial charge in [-0.3, -0.25) is 28.9 Å². The van der Waals surface area contributed by atoms with E-state index >= 15 is 0 Å². The van der Waals surface area contributed by atoms with E-state index in [4.69, 9.17) is 10.5 Å². The molecule has 40 heavy (non-hydrogen) atoms. The van der Waals surface area contributed by atoms with Crippen molar-refractivity contribution in [2.75, 3.05) is 21.2 Å². The van der Waals surface area contributed by atoms with E-state index < -0.39 is 76.2 Å². The number of hydrogen-bond donors (Lipinski definition) is 4. The van der Waals surface area contributed by atoms with Crippen molar-refractivity contribution in [2.45, 2.75) is 17.7 Å². The molecule has 0 aliphatic heterocycles. The lowest BCUT2D eigenvalue weighted by Gasteiger charge is -2.55. The van der Waals surface area contributed by atoms with Crippen LogP contribution in [0.25, 0.3) is 11.6 Å². The first-order valence-corrected chi connectivity index (χ1v) is 12.6. The van der Waals surface area contributed by atoms with Crippen molar-refractivity contribution < 1.29 is 44.0 Å². The Morgan fingerprint density at radius 2 is 1.70 bits per heavy atom. The summed E-state index contributed by atoms with van der Waals surface area (Å²) < 4.78 is 5.20. The molecule has 3 aliphatic carbocycles. The van der Waals surface area contributed by atoms with Gasteiger partial charge in [0.1, 0.15) is 11.5 Å². The number of carbonyl (C=O) groups is 5. The first kappa shape index (κ1) is 27.4. The van der Waals surface area contributed by atoms with Crippen LogP contribution in [-0.2, 0) is 19.2 Å². The highest BCUT2D eigenvalue weighted by atomic mass is 16.5. The van der Waals surface area contributed by atoms with Crippen LogP contribution in [0, 0.1) is 23.7 Å². The zero-order chi connectivity index (χ0) is 29.3. The fourth-order valence-electron chi connectivity index (χ4n) is 6.55. The van der Waals surface area contributed by atoms with E-state index in [1.807, 2.05) is 0 Å². The zero-order valence-corrected chi connectivity index (χ0v) is 21.9. The molecule has 0 heterocycles. The van der Waals surface area contributed by atoms with Gasteiger partial charge in [0.25, 0.3) is 0 Å². The molecule has 0 bridgehead atoms. The summed E-state index contributed by atoms with van der Waals surface area (Å²) in [5, 5.41) is 34.3. The van der Waals surface area contributed by atoms with Crippen LogP contribution in [0.5, 0.6) is 11.5 Å². The number of ketones is 4. The first-order valence-electron chi connectivity index (χ1n) is 12.6. The van der Waals surface area contributed by atoms with Crippen molar-refractivity contribution in [2.24, 2.45) is 29.4 Å². The van der Waals surface area contributed by atoms with Gasteiger partial charge in [0.05, 0.1) is 36.7 Å². The van der Waals surface area contributed by atoms with E-state index in [1.54, 1.807) is 36.4 Å². The fraction of sp³-hybridized carbons (Fsp3) is 0.345. The number of phenols is 1. The maximum atomic E-state index is 14.1. The number of rotatable bonds is 4. The number of carbonyl (C=O) groups excluding carboxylic acids is 5. The molecule has 0 saturated heterocycles. The van der Waals surface area contributed by atoms with Crippen LogP contribution in [0.1, 0.15) is 21.5 Å². The molecule has 11 nitrogen and oxygen atoms in total. The third kappa shape index (κ3) is 3.65. The van der Waals surface area contributed by atoms with Gasteiger partial charge in [-0.1, -0.05) is 30.3 Å². The van der Waals surface area contributed by atoms with Crippen molar-refractivity contribution in [1.82, 2.24) is 4.90 Å². The highest BCUT2D eigenvalue weighted by Crippen LogP contribution is 2.54. The van der Waals surface area contributed by atoms with Crippen LogP contribution in [0.2, 0.25) is 0 Å². The standard InChI is InChI=1S/C29H28N2O9/c1-31(2)22-21-24(34)18-15(11-12-7-9-13(40-3)10-8-12)14-5-4-6-16(32)17(14)23(33)19(18)26(36)29(21,39)27(37)20(25(22)35)28(30)38/h4-11,18-22,24,32,34,39H,1-3H3,(H2,30,38)/t18-,19?,20?,21-,22+,24+,29+/m0/s1. The van der Waals surface area contributed by atoms with Crippen molar-refractivity contribution >= 4 is 40.7 Å². The average Bonchev–Trinajstić information content (AvgIpc) is 2.90. The molecule has 1 amide bonds. The second-order valence-electron chi connectivity index (χ2n) is 10.6. The topological polar surface area (TPSA) is 185 Å². The number of amides is 1. The van der Waals surface area contributed by atoms with E-state index in [2.05, 4.69) is 0 Å². The van der Waals surface area contributed by atoms with E-state index in [0.29, 0.717) is 11.3 Å². The quantitative estimate of drug-likeness (QED) is 0.375. The fourth-order valence-corrected chi connectivity index (χ4v) is 6.55. The molecular weight excluding hydrogens is 520 g/mol. The molecule has 3 aliphatic rings. The van der Waals surface area contributed by atoms with E-state index in [1.165, 1.54) is 38.2 Å². The lowest BCUT2D eigenvalue weighted by Crippen LogP contribution is -2.77. The third-order valence-corrected chi connectivity index (χ3v) is 8.31. The van der Waals surface area contributed by atoms with E-state index in [0.717, 1.165) is 0 Å². The minimum absolute atomic E-state index is 0.207. The monoisotopic (exact) mass is 548 g/mol. The summed E-state index contributed by atoms with van der Waals surface area (Å²) in [5.74, 6) is -12.7. The molecule has 2 fully saturated rings. The Hall–Kier alpha value is -4.19. The largest absolute Gasteiger partial charge is 0.507 e. The molecule has 11 heteroatoms. The maximum Gasteiger partial charge on any atom is 0.235 e. The van der Waals surface area contributed by atoms with Gasteiger partial charge in [0.15, 0.2) is 34.7 Å². The van der Waals surface area contributed by atoms with Crippen molar-refractivity contribution in [3.8, 4) is 11.5 Å². The number of primary amides is 1. The second kappa shape index (κ2) is 9.47. The molecule has 2 saturated carbocycles. The van der Waals surface area contributed by atoms with Gasteiger partial charge in [0.2, 0.25) is 5.91 Å². The Balaban J connectivity index is 1.78. The Labute approximate surface area is 228 Å². The lowest BCUT2D eigenvalue weighted by atomic mass is 9.50. The number of likely N-dealkylation sites (N-methyl/N-ethyl adjacent to an activating group) is 1. The SMILES string of the molecule is COc1ccc(C=C2c3cccc(O)c3C(=O)C3C(=O)[C@@]4(O)C(=O)C(C(N)=O)C(=O)[C@H](N(C)C)[C@H]4[C@H](O)[C@@H]23)cc1. The number of Topliss-reactive ketones (excluding diaryl/α,β-unsaturated/α-hetero) is 4. The van der Waals surface area contributed by atoms with Crippen LogP contribution in [0.3, 0.4) is 0 Å². The summed E-state index contributed by atoms with van der Waals surface area (Å²) in [5.41, 5.74) is 3.22. The van der Waals surface area contributed by atoms with Gasteiger partial charge in [-0.25, -0.2) is 0 Å². The molecule has 2 unspecified atom stereocenters. The zero-order valence-electron chi connectivity index (χ0n) is 21.9. The van der Waals surface area contributed by atoms with Crippen molar-refractivity contribution in [1.29, 1.82) is 0 Å². The minimum Gasteiger partial charge on any atom is -0.507 e. The summed E-state index contributed by atoms with van der Waals surface area (Å²) >= 11 is 0. The molecule has 7 atom stereocenters. The minimum atomic E-state index is -3.06. The van der Waals surface area contributed by atoms with Crippen molar-refractivity contribution in [3.63, 3.8) is 0 Å². The van der Waals surface area contributed by atoms with Crippen LogP contribution in [-0.4, -0.2) is 88.2 Å². The Morgan fingerprint density at radius 1 is 1.05 bits per heavy atom. The molecule has 2 aromatic rings. The Morgan fingerprint density at radius 3 is 2.27 bits per heavy atom. The number of phenolic OH excluding ortho intramolecular Hbond substituents is 1. The number of nitrogens with zero attached hydrogens (tertiary/aromatic N) is 1. The Bertz CT molecular complexity index is 1500. The summed E-state index contributed by atoms with van der Waals surface area (Å²) in [6.07, 6.45) is -0.141. The molecule has 208 valence electrons. The van der Waals surface area contributed by atoms with Gasteiger partial charge in [-0.15, -0.1) is 0 Å². The van der Waals surface area contributed by atoms with Crippen LogP contribution >= 0.6 is 0 Å². The number of ether oxygens (including phenoxy) is 1. The number of fused-ring (bicyclic) bond motifs is 3. The molecule has 5 N–H and O–H groups in total. The van der Waals surface area contributed by atoms with Crippen LogP contribution < -0.4 is 10.5 Å². The van der Waals surface area contributed by atoms with E-state index in [-0.39, 0.29) is 16.7 Å². The van der Waals surface area contributed by atoms with E-state index in [9.17, 15) is 39.3 Å². The van der Waals surface area contributed by atoms with Gasteiger partial charge >= 0.3 is 0 Å². The van der Waals surface area contributed by atoms with Gasteiger partial charge < -0.3 is 25.8 Å². The number of hydrogen-bond acceptors (Lipinski definition) is 10. The van der Waals surface area contributed by atoms with Crippen LogP contribution in [0.15, 0.2) is 42.5 Å². The predicted molar refractivity (Wildman–Crippen MR) is 140 cm³/mol. The van der Waals surface area contributed by atoms with Crippen molar-refractivity contribution in [3.05, 3.63) is 59.2 Å². The number of aliphatic hydroxyl groups excluding tert-OH is 1.